The number of hydrogen-bond acceptors (Lipinski definition) is 4. The van der Waals surface area contributed by atoms with Gasteiger partial charge in [-0.25, -0.2) is 12.8 Å². The fourth-order valence-corrected chi connectivity index (χ4v) is 5.65. The summed E-state index contributed by atoms with van der Waals surface area (Å²) in [6.07, 6.45) is 1.63. The Labute approximate surface area is 151 Å². The summed E-state index contributed by atoms with van der Waals surface area (Å²) >= 11 is 4.16. The van der Waals surface area contributed by atoms with Gasteiger partial charge in [-0.15, -0.1) is 11.3 Å². The van der Waals surface area contributed by atoms with Crippen molar-refractivity contribution in [2.24, 2.45) is 0 Å². The number of benzene rings is 1. The molecule has 1 aliphatic heterocycles. The number of amides is 1. The van der Waals surface area contributed by atoms with Crippen LogP contribution >= 0.6 is 27.3 Å². The second-order valence-corrected chi connectivity index (χ2v) is 9.04. The third kappa shape index (κ3) is 3.39. The molecule has 1 fully saturated rings. The van der Waals surface area contributed by atoms with E-state index >= 15 is 0 Å². The lowest BCUT2D eigenvalue weighted by molar-refractivity contribution is 0.102. The zero-order valence-corrected chi connectivity index (χ0v) is 15.7. The first-order valence-corrected chi connectivity index (χ1v) is 10.3. The maximum atomic E-state index is 13.9. The van der Waals surface area contributed by atoms with Gasteiger partial charge in [0.2, 0.25) is 10.0 Å². The van der Waals surface area contributed by atoms with Crippen LogP contribution in [0.1, 0.15) is 22.5 Å². The molecule has 0 aliphatic carbocycles. The van der Waals surface area contributed by atoms with E-state index < -0.39 is 21.7 Å². The lowest BCUT2D eigenvalue weighted by Gasteiger charge is -2.15. The number of rotatable bonds is 4. The van der Waals surface area contributed by atoms with E-state index in [0.29, 0.717) is 17.6 Å². The van der Waals surface area contributed by atoms with Crippen molar-refractivity contribution < 1.29 is 17.6 Å². The van der Waals surface area contributed by atoms with Crippen LogP contribution in [0.5, 0.6) is 0 Å². The number of halogens is 2. The topological polar surface area (TPSA) is 66.5 Å². The Bertz CT molecular complexity index is 877. The molecule has 1 aromatic carbocycles. The van der Waals surface area contributed by atoms with E-state index in [1.54, 1.807) is 11.4 Å². The van der Waals surface area contributed by atoms with Crippen LogP contribution in [0.3, 0.4) is 0 Å². The number of hydrogen-bond donors (Lipinski definition) is 1. The van der Waals surface area contributed by atoms with Crippen molar-refractivity contribution in [2.75, 3.05) is 18.4 Å². The van der Waals surface area contributed by atoms with E-state index in [4.69, 9.17) is 0 Å². The van der Waals surface area contributed by atoms with E-state index in [1.807, 2.05) is 0 Å². The van der Waals surface area contributed by atoms with Crippen LogP contribution in [-0.2, 0) is 10.0 Å². The molecule has 24 heavy (non-hydrogen) atoms. The first-order chi connectivity index (χ1) is 11.4. The minimum atomic E-state index is -3.70. The van der Waals surface area contributed by atoms with E-state index in [1.165, 1.54) is 22.5 Å². The highest BCUT2D eigenvalue weighted by molar-refractivity contribution is 9.10. The smallest absolute Gasteiger partial charge is 0.267 e. The summed E-state index contributed by atoms with van der Waals surface area (Å²) in [5, 5.41) is 3.99. The summed E-state index contributed by atoms with van der Waals surface area (Å²) in [5.74, 6) is -1.23. The second-order valence-electron chi connectivity index (χ2n) is 5.30. The Morgan fingerprint density at radius 1 is 1.25 bits per heavy atom. The lowest BCUT2D eigenvalue weighted by atomic mass is 10.3. The number of nitrogens with one attached hydrogen (secondary N) is 1. The van der Waals surface area contributed by atoms with Gasteiger partial charge in [-0.2, -0.15) is 4.31 Å². The molecular formula is C15H14BrFN2O3S2. The highest BCUT2D eigenvalue weighted by Gasteiger charge is 2.32. The molecule has 0 unspecified atom stereocenters. The van der Waals surface area contributed by atoms with Gasteiger partial charge in [0.1, 0.15) is 15.6 Å². The van der Waals surface area contributed by atoms with Gasteiger partial charge in [0, 0.05) is 17.6 Å². The third-order valence-corrected chi connectivity index (χ3v) is 7.17. The first-order valence-electron chi connectivity index (χ1n) is 7.23. The molecule has 9 heteroatoms. The number of thiophene rings is 1. The first kappa shape index (κ1) is 17.5. The summed E-state index contributed by atoms with van der Waals surface area (Å²) in [7, 11) is -3.70. The maximum Gasteiger partial charge on any atom is 0.267 e. The van der Waals surface area contributed by atoms with Crippen molar-refractivity contribution in [3.05, 3.63) is 44.8 Å². The van der Waals surface area contributed by atoms with Gasteiger partial charge in [-0.1, -0.05) is 15.9 Å². The third-order valence-electron chi connectivity index (χ3n) is 3.70. The fraction of sp³-hybridized carbons (Fsp3) is 0.267. The summed E-state index contributed by atoms with van der Waals surface area (Å²) in [5.41, 5.74) is 0.00104. The van der Waals surface area contributed by atoms with Gasteiger partial charge in [0.25, 0.3) is 5.91 Å². The zero-order chi connectivity index (χ0) is 17.3. The molecule has 3 rings (SSSR count). The van der Waals surface area contributed by atoms with Gasteiger partial charge in [-0.05, 0) is 42.5 Å². The van der Waals surface area contributed by atoms with Crippen LogP contribution in [0.15, 0.2) is 39.0 Å². The molecule has 2 aromatic rings. The minimum absolute atomic E-state index is 0.00104. The average molecular weight is 433 g/mol. The molecule has 1 aromatic heterocycles. The van der Waals surface area contributed by atoms with Crippen LogP contribution in [0.4, 0.5) is 10.1 Å². The predicted octanol–water partition coefficient (Wildman–Crippen LogP) is 3.69. The Kier molecular flexibility index (Phi) is 5.05. The van der Waals surface area contributed by atoms with Crippen molar-refractivity contribution in [1.82, 2.24) is 4.31 Å². The number of carbonyl (C=O) groups is 1. The number of carbonyl (C=O) groups excluding carboxylic acids is 1. The maximum absolute atomic E-state index is 13.9. The molecular weight excluding hydrogens is 419 g/mol. The lowest BCUT2D eigenvalue weighted by Crippen LogP contribution is -2.29. The quantitative estimate of drug-likeness (QED) is 0.800. The monoisotopic (exact) mass is 432 g/mol. The normalized spacial score (nSPS) is 15.6. The van der Waals surface area contributed by atoms with Crippen molar-refractivity contribution >= 4 is 48.9 Å². The van der Waals surface area contributed by atoms with Crippen molar-refractivity contribution in [2.45, 2.75) is 17.7 Å². The molecule has 0 spiro atoms. The van der Waals surface area contributed by atoms with Crippen molar-refractivity contribution in [1.29, 1.82) is 0 Å². The van der Waals surface area contributed by atoms with Crippen molar-refractivity contribution in [3.63, 3.8) is 0 Å². The summed E-state index contributed by atoms with van der Waals surface area (Å²) < 4.78 is 41.1. The molecule has 2 heterocycles. The number of anilines is 1. The molecule has 0 atom stereocenters. The Hall–Kier alpha value is -1.29. The summed E-state index contributed by atoms with van der Waals surface area (Å²) in [4.78, 5) is 12.5. The fourth-order valence-electron chi connectivity index (χ4n) is 2.50. The van der Waals surface area contributed by atoms with Crippen LogP contribution < -0.4 is 5.32 Å². The van der Waals surface area contributed by atoms with E-state index in [2.05, 4.69) is 21.2 Å². The number of nitrogens with zero attached hydrogens (tertiary/aromatic N) is 1. The SMILES string of the molecule is O=C(Nc1ccc(Br)cc1F)c1sccc1S(=O)(=O)N1CCCC1. The Balaban J connectivity index is 1.88. The van der Waals surface area contributed by atoms with Gasteiger partial charge >= 0.3 is 0 Å². The summed E-state index contributed by atoms with van der Waals surface area (Å²) in [6.45, 7) is 0.918. The molecule has 1 N–H and O–H groups in total. The van der Waals surface area contributed by atoms with Crippen LogP contribution in [0.2, 0.25) is 0 Å². The molecule has 1 aliphatic rings. The van der Waals surface area contributed by atoms with Crippen LogP contribution in [0.25, 0.3) is 0 Å². The molecule has 0 radical (unpaired) electrons. The molecule has 0 saturated carbocycles. The summed E-state index contributed by atoms with van der Waals surface area (Å²) in [6, 6.07) is 5.66. The Morgan fingerprint density at radius 3 is 2.62 bits per heavy atom. The van der Waals surface area contributed by atoms with E-state index in [9.17, 15) is 17.6 Å². The average Bonchev–Trinajstić information content (AvgIpc) is 3.21. The Morgan fingerprint density at radius 2 is 1.96 bits per heavy atom. The van der Waals surface area contributed by atoms with Crippen molar-refractivity contribution in [3.8, 4) is 0 Å². The highest BCUT2D eigenvalue weighted by atomic mass is 79.9. The molecule has 0 bridgehead atoms. The van der Waals surface area contributed by atoms with Gasteiger partial charge < -0.3 is 5.32 Å². The zero-order valence-electron chi connectivity index (χ0n) is 12.5. The molecule has 1 saturated heterocycles. The van der Waals surface area contributed by atoms with E-state index in [-0.39, 0.29) is 15.5 Å². The van der Waals surface area contributed by atoms with Gasteiger partial charge in [-0.3, -0.25) is 4.79 Å². The molecule has 5 nitrogen and oxygen atoms in total. The second kappa shape index (κ2) is 6.91. The number of sulfonamides is 1. The predicted molar refractivity (Wildman–Crippen MR) is 94.4 cm³/mol. The van der Waals surface area contributed by atoms with Crippen LogP contribution in [0, 0.1) is 5.82 Å². The van der Waals surface area contributed by atoms with Gasteiger partial charge in [0.15, 0.2) is 0 Å². The standard InChI is InChI=1S/C15H14BrFN2O3S2/c16-10-3-4-12(11(17)9-10)18-15(20)14-13(5-8-23-14)24(21,22)19-6-1-2-7-19/h3-5,8-9H,1-2,6-7H2,(H,18,20). The molecule has 128 valence electrons. The molecule has 1 amide bonds. The minimum Gasteiger partial charge on any atom is -0.319 e. The van der Waals surface area contributed by atoms with Crippen LogP contribution in [-0.4, -0.2) is 31.7 Å². The van der Waals surface area contributed by atoms with Gasteiger partial charge in [0.05, 0.1) is 5.69 Å². The van der Waals surface area contributed by atoms with E-state index in [0.717, 1.165) is 24.2 Å². The highest BCUT2D eigenvalue weighted by Crippen LogP contribution is 2.29. The largest absolute Gasteiger partial charge is 0.319 e.